The van der Waals surface area contributed by atoms with Crippen molar-refractivity contribution in [2.45, 2.75) is 22.3 Å². The van der Waals surface area contributed by atoms with Crippen molar-refractivity contribution in [3.8, 4) is 22.6 Å². The van der Waals surface area contributed by atoms with E-state index in [2.05, 4.69) is 0 Å². The van der Waals surface area contributed by atoms with Gasteiger partial charge in [0.2, 0.25) is 0 Å². The van der Waals surface area contributed by atoms with E-state index in [1.165, 1.54) is 11.1 Å². The first-order valence-electron chi connectivity index (χ1n) is 5.12. The van der Waals surface area contributed by atoms with Gasteiger partial charge < -0.3 is 9.47 Å². The van der Waals surface area contributed by atoms with Crippen LogP contribution in [0.25, 0.3) is 11.1 Å². The maximum absolute atomic E-state index is 5.12. The van der Waals surface area contributed by atoms with Gasteiger partial charge in [0.15, 0.2) is 0 Å². The molecule has 0 spiro atoms. The fourth-order valence-electron chi connectivity index (χ4n) is 1.57. The van der Waals surface area contributed by atoms with Gasteiger partial charge in [0.05, 0.1) is 14.2 Å². The number of hydrogen-bond donors (Lipinski definition) is 0. The third kappa shape index (κ3) is 4.66. The second kappa shape index (κ2) is 9.03. The van der Waals surface area contributed by atoms with Crippen LogP contribution >= 0.6 is 0 Å². The summed E-state index contributed by atoms with van der Waals surface area (Å²) in [6.45, 7) is 0. The normalized spacial score (nSPS) is 8.32. The van der Waals surface area contributed by atoms with E-state index in [1.54, 1.807) is 14.2 Å². The molecule has 0 heterocycles. The molecular formula is C17H26O2. The van der Waals surface area contributed by atoms with Crippen molar-refractivity contribution in [1.82, 2.24) is 0 Å². The van der Waals surface area contributed by atoms with Gasteiger partial charge in [-0.05, 0) is 35.4 Å². The zero-order valence-electron chi connectivity index (χ0n) is 9.44. The lowest BCUT2D eigenvalue weighted by atomic mass is 10.1. The number of methoxy groups -OCH3 is 2. The summed E-state index contributed by atoms with van der Waals surface area (Å²) < 4.78 is 10.2. The van der Waals surface area contributed by atoms with Gasteiger partial charge >= 0.3 is 0 Å². The SMILES string of the molecule is C.C.C.COc1ccc(-c2ccc(OC)cc2)cc1. The molecule has 0 aliphatic heterocycles. The fourth-order valence-corrected chi connectivity index (χ4v) is 1.57. The van der Waals surface area contributed by atoms with Crippen LogP contribution in [0.3, 0.4) is 0 Å². The molecule has 0 aliphatic carbocycles. The van der Waals surface area contributed by atoms with Crippen molar-refractivity contribution in [2.75, 3.05) is 14.2 Å². The molecule has 0 saturated heterocycles. The first kappa shape index (κ1) is 19.4. The smallest absolute Gasteiger partial charge is 0.118 e. The first-order chi connectivity index (χ1) is 7.83. The Labute approximate surface area is 118 Å². The minimum absolute atomic E-state index is 0. The van der Waals surface area contributed by atoms with Crippen molar-refractivity contribution in [2.24, 2.45) is 0 Å². The molecule has 0 saturated carbocycles. The van der Waals surface area contributed by atoms with Gasteiger partial charge in [0.25, 0.3) is 0 Å². The minimum Gasteiger partial charge on any atom is -0.497 e. The summed E-state index contributed by atoms with van der Waals surface area (Å²) in [5.74, 6) is 1.74. The molecule has 2 rings (SSSR count). The Hall–Kier alpha value is -1.96. The van der Waals surface area contributed by atoms with Crippen LogP contribution in [0.15, 0.2) is 48.5 Å². The average molecular weight is 262 g/mol. The fraction of sp³-hybridized carbons (Fsp3) is 0.294. The number of ether oxygens (including phenoxy) is 2. The molecule has 0 fully saturated rings. The Morgan fingerprint density at radius 2 is 0.789 bits per heavy atom. The highest BCUT2D eigenvalue weighted by Gasteiger charge is 1.98. The van der Waals surface area contributed by atoms with Gasteiger partial charge in [0.1, 0.15) is 11.5 Å². The quantitative estimate of drug-likeness (QED) is 0.749. The standard InChI is InChI=1S/C14H14O2.3CH4/c1-15-13-7-3-11(4-8-13)12-5-9-14(16-2)10-6-12;;;/h3-10H,1-2H3;3*1H4. The van der Waals surface area contributed by atoms with Crippen LogP contribution < -0.4 is 9.47 Å². The topological polar surface area (TPSA) is 18.5 Å². The Morgan fingerprint density at radius 1 is 0.526 bits per heavy atom. The lowest BCUT2D eigenvalue weighted by Gasteiger charge is -2.05. The summed E-state index contributed by atoms with van der Waals surface area (Å²) in [5, 5.41) is 0. The van der Waals surface area contributed by atoms with Crippen molar-refractivity contribution in [3.63, 3.8) is 0 Å². The lowest BCUT2D eigenvalue weighted by molar-refractivity contribution is 0.414. The summed E-state index contributed by atoms with van der Waals surface area (Å²) in [6.07, 6.45) is 0. The minimum atomic E-state index is 0. The van der Waals surface area contributed by atoms with Crippen molar-refractivity contribution < 1.29 is 9.47 Å². The number of rotatable bonds is 3. The van der Waals surface area contributed by atoms with Gasteiger partial charge in [-0.2, -0.15) is 0 Å². The summed E-state index contributed by atoms with van der Waals surface area (Å²) in [5.41, 5.74) is 2.34. The van der Waals surface area contributed by atoms with Gasteiger partial charge in [-0.25, -0.2) is 0 Å². The molecule has 19 heavy (non-hydrogen) atoms. The summed E-state index contributed by atoms with van der Waals surface area (Å²) in [4.78, 5) is 0. The predicted octanol–water partition coefficient (Wildman–Crippen LogP) is 5.28. The monoisotopic (exact) mass is 262 g/mol. The maximum Gasteiger partial charge on any atom is 0.118 e. The number of benzene rings is 2. The highest BCUT2D eigenvalue weighted by Crippen LogP contribution is 2.24. The van der Waals surface area contributed by atoms with E-state index in [0.29, 0.717) is 0 Å². The van der Waals surface area contributed by atoms with Gasteiger partial charge in [0, 0.05) is 0 Å². The lowest BCUT2D eigenvalue weighted by Crippen LogP contribution is -1.84. The van der Waals surface area contributed by atoms with Crippen LogP contribution in [-0.2, 0) is 0 Å². The average Bonchev–Trinajstić information content (AvgIpc) is 2.39. The van der Waals surface area contributed by atoms with Gasteiger partial charge in [-0.1, -0.05) is 46.5 Å². The zero-order valence-corrected chi connectivity index (χ0v) is 9.44. The largest absolute Gasteiger partial charge is 0.497 e. The molecule has 0 aromatic heterocycles. The molecule has 2 heteroatoms. The van der Waals surface area contributed by atoms with Crippen LogP contribution in [0.2, 0.25) is 0 Å². The zero-order chi connectivity index (χ0) is 11.4. The van der Waals surface area contributed by atoms with E-state index in [1.807, 2.05) is 48.5 Å². The molecule has 0 radical (unpaired) electrons. The molecule has 2 aromatic carbocycles. The molecule has 0 bridgehead atoms. The summed E-state index contributed by atoms with van der Waals surface area (Å²) in [6, 6.07) is 16.0. The molecule has 106 valence electrons. The molecule has 0 amide bonds. The van der Waals surface area contributed by atoms with E-state index in [4.69, 9.17) is 9.47 Å². The Bertz CT molecular complexity index is 398. The van der Waals surface area contributed by atoms with Gasteiger partial charge in [-0.15, -0.1) is 0 Å². The Balaban J connectivity index is 0. The third-order valence-electron chi connectivity index (χ3n) is 2.51. The molecule has 2 aromatic rings. The van der Waals surface area contributed by atoms with E-state index in [-0.39, 0.29) is 22.3 Å². The van der Waals surface area contributed by atoms with E-state index >= 15 is 0 Å². The molecule has 0 atom stereocenters. The third-order valence-corrected chi connectivity index (χ3v) is 2.51. The van der Waals surface area contributed by atoms with Crippen LogP contribution in [0.1, 0.15) is 22.3 Å². The predicted molar refractivity (Wildman–Crippen MR) is 85.2 cm³/mol. The summed E-state index contributed by atoms with van der Waals surface area (Å²) in [7, 11) is 3.34. The Morgan fingerprint density at radius 3 is 1.00 bits per heavy atom. The van der Waals surface area contributed by atoms with Crippen molar-refractivity contribution >= 4 is 0 Å². The molecule has 0 aliphatic rings. The van der Waals surface area contributed by atoms with Crippen LogP contribution in [0.5, 0.6) is 11.5 Å². The maximum atomic E-state index is 5.12. The van der Waals surface area contributed by atoms with Crippen LogP contribution in [0, 0.1) is 0 Å². The van der Waals surface area contributed by atoms with E-state index in [0.717, 1.165) is 11.5 Å². The van der Waals surface area contributed by atoms with Crippen LogP contribution in [0.4, 0.5) is 0 Å². The highest BCUT2D eigenvalue weighted by molar-refractivity contribution is 5.64. The van der Waals surface area contributed by atoms with E-state index < -0.39 is 0 Å². The summed E-state index contributed by atoms with van der Waals surface area (Å²) >= 11 is 0. The second-order valence-corrected chi connectivity index (χ2v) is 3.46. The number of hydrogen-bond acceptors (Lipinski definition) is 2. The molecule has 0 unspecified atom stereocenters. The molecule has 2 nitrogen and oxygen atoms in total. The van der Waals surface area contributed by atoms with Crippen molar-refractivity contribution in [1.29, 1.82) is 0 Å². The van der Waals surface area contributed by atoms with Crippen LogP contribution in [-0.4, -0.2) is 14.2 Å². The second-order valence-electron chi connectivity index (χ2n) is 3.46. The van der Waals surface area contributed by atoms with E-state index in [9.17, 15) is 0 Å². The molecular weight excluding hydrogens is 236 g/mol. The molecule has 0 N–H and O–H groups in total. The van der Waals surface area contributed by atoms with Crippen molar-refractivity contribution in [3.05, 3.63) is 48.5 Å². The first-order valence-corrected chi connectivity index (χ1v) is 5.12. The van der Waals surface area contributed by atoms with Gasteiger partial charge in [-0.3, -0.25) is 0 Å². The Kier molecular flexibility index (Phi) is 9.22. The highest BCUT2D eigenvalue weighted by atomic mass is 16.5.